The second-order valence-corrected chi connectivity index (χ2v) is 5.06. The molecule has 2 saturated heterocycles. The zero-order valence-corrected chi connectivity index (χ0v) is 11.8. The molecule has 0 spiro atoms. The van der Waals surface area contributed by atoms with Crippen molar-refractivity contribution in [2.75, 3.05) is 32.8 Å². The molecule has 106 valence electrons. The average molecular weight is 277 g/mol. The van der Waals surface area contributed by atoms with Gasteiger partial charge in [0.05, 0.1) is 12.6 Å². The molecule has 1 atom stereocenters. The van der Waals surface area contributed by atoms with E-state index >= 15 is 0 Å². The number of halogens is 1. The molecule has 0 bridgehead atoms. The highest BCUT2D eigenvalue weighted by Crippen LogP contribution is 2.11. The van der Waals surface area contributed by atoms with E-state index in [0.717, 1.165) is 51.9 Å². The van der Waals surface area contributed by atoms with Crippen molar-refractivity contribution >= 4 is 18.3 Å². The van der Waals surface area contributed by atoms with Gasteiger partial charge in [0.25, 0.3) is 0 Å². The summed E-state index contributed by atoms with van der Waals surface area (Å²) in [5.41, 5.74) is 0. The largest absolute Gasteiger partial charge is 0.377 e. The van der Waals surface area contributed by atoms with Crippen LogP contribution < -0.4 is 5.32 Å². The fraction of sp³-hybridized carbons (Fsp3) is 0.923. The average Bonchev–Trinajstić information content (AvgIpc) is 2.69. The third-order valence-corrected chi connectivity index (χ3v) is 3.63. The van der Waals surface area contributed by atoms with Crippen LogP contribution in [0.25, 0.3) is 0 Å². The van der Waals surface area contributed by atoms with Gasteiger partial charge in [-0.15, -0.1) is 12.4 Å². The molecule has 1 amide bonds. The standard InChI is InChI=1S/C13H24N2O2.ClH/c16-13(15-7-3-1-2-4-8-15)11-14-10-12-6-5-9-17-12;/h12,14H,1-11H2;1H. The fourth-order valence-electron chi connectivity index (χ4n) is 2.58. The highest BCUT2D eigenvalue weighted by molar-refractivity contribution is 5.85. The Labute approximate surface area is 116 Å². The predicted molar refractivity (Wildman–Crippen MR) is 74.1 cm³/mol. The lowest BCUT2D eigenvalue weighted by molar-refractivity contribution is -0.130. The minimum atomic E-state index is 0. The molecule has 2 aliphatic rings. The third kappa shape index (κ3) is 5.12. The number of nitrogens with one attached hydrogen (secondary N) is 1. The molecule has 2 fully saturated rings. The van der Waals surface area contributed by atoms with Gasteiger partial charge in [-0.25, -0.2) is 0 Å². The van der Waals surface area contributed by atoms with Crippen LogP contribution in [0.3, 0.4) is 0 Å². The number of ether oxygens (including phenoxy) is 1. The Morgan fingerprint density at radius 3 is 2.50 bits per heavy atom. The van der Waals surface area contributed by atoms with Gasteiger partial charge in [0.2, 0.25) is 5.91 Å². The van der Waals surface area contributed by atoms with Crippen molar-refractivity contribution in [2.24, 2.45) is 0 Å². The van der Waals surface area contributed by atoms with Crippen molar-refractivity contribution < 1.29 is 9.53 Å². The van der Waals surface area contributed by atoms with Gasteiger partial charge in [0, 0.05) is 26.2 Å². The van der Waals surface area contributed by atoms with Crippen LogP contribution in [0, 0.1) is 0 Å². The highest BCUT2D eigenvalue weighted by atomic mass is 35.5. The van der Waals surface area contributed by atoms with Crippen LogP contribution in [-0.2, 0) is 9.53 Å². The molecule has 0 aromatic rings. The van der Waals surface area contributed by atoms with Crippen LogP contribution in [0.2, 0.25) is 0 Å². The highest BCUT2D eigenvalue weighted by Gasteiger charge is 2.17. The zero-order chi connectivity index (χ0) is 11.9. The second-order valence-electron chi connectivity index (χ2n) is 5.06. The minimum absolute atomic E-state index is 0. The first-order chi connectivity index (χ1) is 8.36. The molecule has 18 heavy (non-hydrogen) atoms. The number of amides is 1. The van der Waals surface area contributed by atoms with Gasteiger partial charge in [-0.2, -0.15) is 0 Å². The van der Waals surface area contributed by atoms with E-state index in [9.17, 15) is 4.79 Å². The summed E-state index contributed by atoms with van der Waals surface area (Å²) in [5.74, 6) is 0.255. The van der Waals surface area contributed by atoms with E-state index in [1.807, 2.05) is 4.90 Å². The van der Waals surface area contributed by atoms with Crippen molar-refractivity contribution in [3.63, 3.8) is 0 Å². The summed E-state index contributed by atoms with van der Waals surface area (Å²) < 4.78 is 5.51. The van der Waals surface area contributed by atoms with E-state index in [2.05, 4.69) is 5.32 Å². The summed E-state index contributed by atoms with van der Waals surface area (Å²) in [5, 5.41) is 3.23. The maximum atomic E-state index is 11.9. The predicted octanol–water partition coefficient (Wildman–Crippen LogP) is 1.58. The van der Waals surface area contributed by atoms with Gasteiger partial charge >= 0.3 is 0 Å². The van der Waals surface area contributed by atoms with Gasteiger partial charge in [-0.05, 0) is 25.7 Å². The van der Waals surface area contributed by atoms with Crippen LogP contribution in [0.4, 0.5) is 0 Å². The molecular weight excluding hydrogens is 252 g/mol. The maximum Gasteiger partial charge on any atom is 0.236 e. The minimum Gasteiger partial charge on any atom is -0.377 e. The topological polar surface area (TPSA) is 41.6 Å². The molecule has 0 saturated carbocycles. The summed E-state index contributed by atoms with van der Waals surface area (Å²) in [4.78, 5) is 14.0. The Hall–Kier alpha value is -0.320. The second kappa shape index (κ2) is 8.73. The van der Waals surface area contributed by atoms with Crippen LogP contribution in [0.1, 0.15) is 38.5 Å². The summed E-state index contributed by atoms with van der Waals surface area (Å²) >= 11 is 0. The molecule has 5 heteroatoms. The van der Waals surface area contributed by atoms with E-state index in [4.69, 9.17) is 4.74 Å². The number of likely N-dealkylation sites (tertiary alicyclic amines) is 1. The Morgan fingerprint density at radius 2 is 1.89 bits per heavy atom. The SMILES string of the molecule is Cl.O=C(CNCC1CCCO1)N1CCCCCC1. The summed E-state index contributed by atoms with van der Waals surface area (Å²) in [6, 6.07) is 0. The van der Waals surface area contributed by atoms with Crippen LogP contribution in [0.5, 0.6) is 0 Å². The lowest BCUT2D eigenvalue weighted by Gasteiger charge is -2.21. The summed E-state index contributed by atoms with van der Waals surface area (Å²) in [6.45, 7) is 4.06. The number of carbonyl (C=O) groups excluding carboxylic acids is 1. The van der Waals surface area contributed by atoms with Crippen molar-refractivity contribution in [3.8, 4) is 0 Å². The molecule has 2 aliphatic heterocycles. The van der Waals surface area contributed by atoms with Crippen molar-refractivity contribution in [1.29, 1.82) is 0 Å². The molecule has 0 aliphatic carbocycles. The summed E-state index contributed by atoms with van der Waals surface area (Å²) in [7, 11) is 0. The zero-order valence-electron chi connectivity index (χ0n) is 11.0. The lowest BCUT2D eigenvalue weighted by atomic mass is 10.2. The Balaban J connectivity index is 0.00000162. The molecule has 1 N–H and O–H groups in total. The molecule has 0 aromatic carbocycles. The molecule has 0 aromatic heterocycles. The van der Waals surface area contributed by atoms with E-state index in [1.165, 1.54) is 12.8 Å². The number of carbonyl (C=O) groups is 1. The van der Waals surface area contributed by atoms with Gasteiger partial charge < -0.3 is 15.0 Å². The van der Waals surface area contributed by atoms with Crippen LogP contribution in [-0.4, -0.2) is 49.7 Å². The van der Waals surface area contributed by atoms with Gasteiger partial charge in [-0.1, -0.05) is 12.8 Å². The number of hydrogen-bond donors (Lipinski definition) is 1. The smallest absolute Gasteiger partial charge is 0.236 e. The van der Waals surface area contributed by atoms with Gasteiger partial charge in [0.15, 0.2) is 0 Å². The first-order valence-corrected chi connectivity index (χ1v) is 6.96. The van der Waals surface area contributed by atoms with E-state index < -0.39 is 0 Å². The number of nitrogens with zero attached hydrogens (tertiary/aromatic N) is 1. The molecular formula is C13H25ClN2O2. The Bertz CT molecular complexity index is 237. The Morgan fingerprint density at radius 1 is 1.17 bits per heavy atom. The van der Waals surface area contributed by atoms with Gasteiger partial charge in [-0.3, -0.25) is 4.79 Å². The quantitative estimate of drug-likeness (QED) is 0.848. The van der Waals surface area contributed by atoms with E-state index in [0.29, 0.717) is 12.6 Å². The fourth-order valence-corrected chi connectivity index (χ4v) is 2.58. The van der Waals surface area contributed by atoms with Crippen molar-refractivity contribution in [2.45, 2.75) is 44.6 Å². The number of hydrogen-bond acceptors (Lipinski definition) is 3. The molecule has 2 rings (SSSR count). The Kier molecular flexibility index (Phi) is 7.63. The molecule has 0 radical (unpaired) electrons. The summed E-state index contributed by atoms with van der Waals surface area (Å²) in [6.07, 6.45) is 7.49. The first kappa shape index (κ1) is 15.7. The maximum absolute atomic E-state index is 11.9. The van der Waals surface area contributed by atoms with Crippen LogP contribution in [0.15, 0.2) is 0 Å². The lowest BCUT2D eigenvalue weighted by Crippen LogP contribution is -2.40. The van der Waals surface area contributed by atoms with Gasteiger partial charge in [0.1, 0.15) is 0 Å². The molecule has 2 heterocycles. The van der Waals surface area contributed by atoms with E-state index in [-0.39, 0.29) is 18.3 Å². The van der Waals surface area contributed by atoms with Crippen molar-refractivity contribution in [1.82, 2.24) is 10.2 Å². The normalized spacial score (nSPS) is 24.4. The van der Waals surface area contributed by atoms with Crippen molar-refractivity contribution in [3.05, 3.63) is 0 Å². The first-order valence-electron chi connectivity index (χ1n) is 6.96. The third-order valence-electron chi connectivity index (χ3n) is 3.63. The van der Waals surface area contributed by atoms with E-state index in [1.54, 1.807) is 0 Å². The molecule has 1 unspecified atom stereocenters. The monoisotopic (exact) mass is 276 g/mol. The van der Waals surface area contributed by atoms with Crippen LogP contribution >= 0.6 is 12.4 Å². The number of rotatable bonds is 4. The molecule has 4 nitrogen and oxygen atoms in total.